The lowest BCUT2D eigenvalue weighted by Crippen LogP contribution is -2.28. The van der Waals surface area contributed by atoms with E-state index in [0.29, 0.717) is 25.0 Å². The smallest absolute Gasteiger partial charge is 0.418 e. The molecule has 0 aromatic carbocycles. The van der Waals surface area contributed by atoms with E-state index in [1.165, 1.54) is 17.7 Å². The van der Waals surface area contributed by atoms with Crippen molar-refractivity contribution >= 4 is 23.6 Å². The lowest BCUT2D eigenvalue weighted by Gasteiger charge is -2.20. The molecule has 1 aromatic heterocycles. The van der Waals surface area contributed by atoms with Gasteiger partial charge in [0.1, 0.15) is 11.4 Å². The third-order valence-electron chi connectivity index (χ3n) is 4.15. The molecule has 1 aromatic rings. The predicted octanol–water partition coefficient (Wildman–Crippen LogP) is 3.17. The number of carbonyl (C=O) groups excluding carboxylic acids is 4. The zero-order valence-corrected chi connectivity index (χ0v) is 15.9. The Balaban J connectivity index is 2.60. The lowest BCUT2D eigenvalue weighted by atomic mass is 9.91. The van der Waals surface area contributed by atoms with Crippen LogP contribution in [0.4, 0.5) is 4.79 Å². The minimum atomic E-state index is -0.807. The molecule has 0 spiro atoms. The molecule has 0 aliphatic heterocycles. The van der Waals surface area contributed by atoms with E-state index in [1.807, 2.05) is 0 Å². The third kappa shape index (κ3) is 4.03. The van der Waals surface area contributed by atoms with Gasteiger partial charge in [0.25, 0.3) is 0 Å². The highest BCUT2D eigenvalue weighted by molar-refractivity contribution is 6.15. The Labute approximate surface area is 152 Å². The second-order valence-electron chi connectivity index (χ2n) is 7.35. The van der Waals surface area contributed by atoms with Gasteiger partial charge >= 0.3 is 12.1 Å². The fourth-order valence-electron chi connectivity index (χ4n) is 3.07. The highest BCUT2D eigenvalue weighted by atomic mass is 16.6. The van der Waals surface area contributed by atoms with Crippen molar-refractivity contribution in [1.29, 1.82) is 0 Å². The van der Waals surface area contributed by atoms with Gasteiger partial charge in [-0.05, 0) is 53.9 Å². The Morgan fingerprint density at radius 1 is 1.27 bits per heavy atom. The van der Waals surface area contributed by atoms with Crippen molar-refractivity contribution in [2.45, 2.75) is 59.5 Å². The Bertz CT molecular complexity index is 753. The Morgan fingerprint density at radius 2 is 1.92 bits per heavy atom. The molecule has 0 radical (unpaired) electrons. The molecule has 1 heterocycles. The van der Waals surface area contributed by atoms with Gasteiger partial charge in [-0.15, -0.1) is 0 Å². The molecule has 7 nitrogen and oxygen atoms in total. The van der Waals surface area contributed by atoms with Crippen molar-refractivity contribution in [1.82, 2.24) is 4.57 Å². The molecule has 1 aliphatic carbocycles. The van der Waals surface area contributed by atoms with Crippen LogP contribution in [0.15, 0.2) is 6.20 Å². The van der Waals surface area contributed by atoms with Gasteiger partial charge < -0.3 is 9.47 Å². The number of nitrogens with zero attached hydrogens (tertiary/aromatic N) is 1. The highest BCUT2D eigenvalue weighted by Crippen LogP contribution is 2.30. The van der Waals surface area contributed by atoms with Crippen molar-refractivity contribution in [3.05, 3.63) is 23.0 Å². The number of aromatic nitrogens is 1. The predicted molar refractivity (Wildman–Crippen MR) is 93.5 cm³/mol. The molecule has 142 valence electrons. The first-order chi connectivity index (χ1) is 12.1. The standard InChI is InChI=1S/C19H25NO6/c1-6-25-17(23)13-10-20(18(24)26-19(3,4)5)14-9-7-8-12(11(2)21)16(22)15(13)14/h10,12H,6-9H2,1-5H3. The van der Waals surface area contributed by atoms with Crippen LogP contribution < -0.4 is 0 Å². The first-order valence-electron chi connectivity index (χ1n) is 8.76. The highest BCUT2D eigenvalue weighted by Gasteiger charge is 2.37. The Hall–Kier alpha value is -2.44. The molecule has 0 bridgehead atoms. The van der Waals surface area contributed by atoms with E-state index in [-0.39, 0.29) is 23.5 Å². The number of ether oxygens (including phenoxy) is 2. The van der Waals surface area contributed by atoms with E-state index in [2.05, 4.69) is 0 Å². The van der Waals surface area contributed by atoms with Crippen LogP contribution in [-0.4, -0.2) is 40.4 Å². The molecule has 2 rings (SSSR count). The first kappa shape index (κ1) is 19.9. The third-order valence-corrected chi connectivity index (χ3v) is 4.15. The van der Waals surface area contributed by atoms with E-state index in [1.54, 1.807) is 27.7 Å². The summed E-state index contributed by atoms with van der Waals surface area (Å²) in [7, 11) is 0. The molecule has 1 unspecified atom stereocenters. The van der Waals surface area contributed by atoms with Crippen LogP contribution in [0, 0.1) is 5.92 Å². The number of fused-ring (bicyclic) bond motifs is 1. The van der Waals surface area contributed by atoms with E-state index < -0.39 is 29.4 Å². The average Bonchev–Trinajstić information content (AvgIpc) is 2.80. The molecule has 0 amide bonds. The fourth-order valence-corrected chi connectivity index (χ4v) is 3.07. The van der Waals surface area contributed by atoms with Crippen LogP contribution in [0.5, 0.6) is 0 Å². The SMILES string of the molecule is CCOC(=O)c1cn(C(=O)OC(C)(C)C)c2c1C(=O)C(C(C)=O)CCC2. The Kier molecular flexibility index (Phi) is 5.68. The molecule has 0 N–H and O–H groups in total. The molecular weight excluding hydrogens is 338 g/mol. The average molecular weight is 363 g/mol. The summed E-state index contributed by atoms with van der Waals surface area (Å²) in [5.41, 5.74) is -0.219. The molecule has 1 atom stereocenters. The van der Waals surface area contributed by atoms with E-state index in [4.69, 9.17) is 9.47 Å². The molecule has 0 fully saturated rings. The van der Waals surface area contributed by atoms with Crippen LogP contribution in [0.3, 0.4) is 0 Å². The van der Waals surface area contributed by atoms with Crippen LogP contribution in [-0.2, 0) is 20.7 Å². The largest absolute Gasteiger partial charge is 0.462 e. The maximum atomic E-state index is 12.9. The van der Waals surface area contributed by atoms with Crippen molar-refractivity contribution in [2.75, 3.05) is 6.61 Å². The Morgan fingerprint density at radius 3 is 2.46 bits per heavy atom. The van der Waals surface area contributed by atoms with E-state index in [0.717, 1.165) is 0 Å². The van der Waals surface area contributed by atoms with Gasteiger partial charge in [-0.2, -0.15) is 0 Å². The fraction of sp³-hybridized carbons (Fsp3) is 0.579. The summed E-state index contributed by atoms with van der Waals surface area (Å²) < 4.78 is 11.6. The van der Waals surface area contributed by atoms with Crippen molar-refractivity contribution in [3.63, 3.8) is 0 Å². The summed E-state index contributed by atoms with van der Waals surface area (Å²) in [6, 6.07) is 0. The maximum absolute atomic E-state index is 12.9. The maximum Gasteiger partial charge on any atom is 0.418 e. The van der Waals surface area contributed by atoms with Crippen LogP contribution in [0.1, 0.15) is 73.9 Å². The molecule has 0 saturated carbocycles. The summed E-state index contributed by atoms with van der Waals surface area (Å²) >= 11 is 0. The van der Waals surface area contributed by atoms with E-state index >= 15 is 0 Å². The van der Waals surface area contributed by atoms with Gasteiger partial charge in [-0.1, -0.05) is 0 Å². The summed E-state index contributed by atoms with van der Waals surface area (Å²) in [6.45, 7) is 8.35. The minimum Gasteiger partial charge on any atom is -0.462 e. The minimum absolute atomic E-state index is 0.00543. The summed E-state index contributed by atoms with van der Waals surface area (Å²) in [5, 5.41) is 0. The van der Waals surface area contributed by atoms with Crippen LogP contribution >= 0.6 is 0 Å². The van der Waals surface area contributed by atoms with Crippen molar-refractivity contribution < 1.29 is 28.7 Å². The van der Waals surface area contributed by atoms with Gasteiger partial charge in [-0.25, -0.2) is 9.59 Å². The second-order valence-corrected chi connectivity index (χ2v) is 7.35. The summed E-state index contributed by atoms with van der Waals surface area (Å²) in [6.07, 6.45) is 1.95. The van der Waals surface area contributed by atoms with Crippen LogP contribution in [0.2, 0.25) is 0 Å². The molecule has 26 heavy (non-hydrogen) atoms. The van der Waals surface area contributed by atoms with Gasteiger partial charge in [0, 0.05) is 11.9 Å². The topological polar surface area (TPSA) is 91.7 Å². The van der Waals surface area contributed by atoms with Gasteiger partial charge in [0.05, 0.1) is 23.7 Å². The number of hydrogen-bond acceptors (Lipinski definition) is 6. The van der Waals surface area contributed by atoms with Gasteiger partial charge in [-0.3, -0.25) is 14.2 Å². The number of esters is 1. The second kappa shape index (κ2) is 7.43. The number of rotatable bonds is 3. The van der Waals surface area contributed by atoms with Gasteiger partial charge in [0.15, 0.2) is 5.78 Å². The number of carbonyl (C=O) groups is 4. The number of hydrogen-bond donors (Lipinski definition) is 0. The number of ketones is 2. The lowest BCUT2D eigenvalue weighted by molar-refractivity contribution is -0.119. The summed E-state index contributed by atoms with van der Waals surface area (Å²) in [4.78, 5) is 49.7. The van der Waals surface area contributed by atoms with Crippen LogP contribution in [0.25, 0.3) is 0 Å². The number of Topliss-reactive ketones (excluding diaryl/α,β-unsaturated/α-hetero) is 2. The quantitative estimate of drug-likeness (QED) is 0.465. The van der Waals surface area contributed by atoms with Crippen molar-refractivity contribution in [2.24, 2.45) is 5.92 Å². The molecule has 7 heteroatoms. The monoisotopic (exact) mass is 363 g/mol. The summed E-state index contributed by atoms with van der Waals surface area (Å²) in [5.74, 6) is -2.18. The molecule has 0 saturated heterocycles. The van der Waals surface area contributed by atoms with Gasteiger partial charge in [0.2, 0.25) is 0 Å². The molecule has 1 aliphatic rings. The normalized spacial score (nSPS) is 17.3. The zero-order valence-electron chi connectivity index (χ0n) is 15.9. The zero-order chi connectivity index (χ0) is 19.6. The van der Waals surface area contributed by atoms with Crippen molar-refractivity contribution in [3.8, 4) is 0 Å². The van der Waals surface area contributed by atoms with E-state index in [9.17, 15) is 19.2 Å². The first-order valence-corrected chi connectivity index (χ1v) is 8.76. The molecular formula is C19H25NO6.